The van der Waals surface area contributed by atoms with Crippen molar-refractivity contribution in [2.24, 2.45) is 0 Å². The monoisotopic (exact) mass is 272 g/mol. The van der Waals surface area contributed by atoms with Gasteiger partial charge in [0.1, 0.15) is 0 Å². The highest BCUT2D eigenvalue weighted by atomic mass is 79.9. The van der Waals surface area contributed by atoms with Crippen molar-refractivity contribution in [3.63, 3.8) is 0 Å². The van der Waals surface area contributed by atoms with Crippen LogP contribution >= 0.6 is 39.9 Å². The number of fused-ring (bicyclic) bond motifs is 1. The molecular formula is C10H9BrS2. The van der Waals surface area contributed by atoms with E-state index in [4.69, 9.17) is 0 Å². The molecular weight excluding hydrogens is 264 g/mol. The van der Waals surface area contributed by atoms with Gasteiger partial charge in [0.15, 0.2) is 0 Å². The maximum absolute atomic E-state index is 4.48. The molecule has 1 aromatic carbocycles. The van der Waals surface area contributed by atoms with E-state index in [1.54, 1.807) is 11.3 Å². The fourth-order valence-corrected chi connectivity index (χ4v) is 3.51. The zero-order chi connectivity index (χ0) is 9.42. The molecule has 0 fully saturated rings. The maximum Gasteiger partial charge on any atom is 0.0487 e. The van der Waals surface area contributed by atoms with Gasteiger partial charge in [-0.15, -0.1) is 24.0 Å². The minimum atomic E-state index is 1.04. The van der Waals surface area contributed by atoms with Gasteiger partial charge in [-0.1, -0.05) is 6.92 Å². The van der Waals surface area contributed by atoms with Gasteiger partial charge in [-0.3, -0.25) is 0 Å². The van der Waals surface area contributed by atoms with Crippen molar-refractivity contribution < 1.29 is 0 Å². The Morgan fingerprint density at radius 3 is 3.00 bits per heavy atom. The molecule has 0 aliphatic rings. The van der Waals surface area contributed by atoms with Crippen LogP contribution in [0.25, 0.3) is 10.1 Å². The molecule has 1 heterocycles. The lowest BCUT2D eigenvalue weighted by atomic mass is 10.1. The van der Waals surface area contributed by atoms with Crippen LogP contribution < -0.4 is 0 Å². The molecule has 0 N–H and O–H groups in total. The minimum Gasteiger partial charge on any atom is -0.143 e. The van der Waals surface area contributed by atoms with Gasteiger partial charge < -0.3 is 0 Å². The van der Waals surface area contributed by atoms with Crippen molar-refractivity contribution in [3.05, 3.63) is 27.5 Å². The summed E-state index contributed by atoms with van der Waals surface area (Å²) in [5, 5.41) is 3.39. The maximum atomic E-state index is 4.48. The van der Waals surface area contributed by atoms with Crippen LogP contribution in [-0.4, -0.2) is 0 Å². The Kier molecular flexibility index (Phi) is 2.67. The molecule has 3 heteroatoms. The Bertz CT molecular complexity index is 445. The van der Waals surface area contributed by atoms with E-state index in [-0.39, 0.29) is 0 Å². The lowest BCUT2D eigenvalue weighted by molar-refractivity contribution is 1.12. The molecule has 13 heavy (non-hydrogen) atoms. The quantitative estimate of drug-likeness (QED) is 0.726. The first kappa shape index (κ1) is 9.56. The fraction of sp³-hybridized carbons (Fsp3) is 0.200. The van der Waals surface area contributed by atoms with Gasteiger partial charge in [0.25, 0.3) is 0 Å². The summed E-state index contributed by atoms with van der Waals surface area (Å²) < 4.78 is 2.50. The number of benzene rings is 1. The van der Waals surface area contributed by atoms with Gasteiger partial charge in [0.2, 0.25) is 0 Å². The summed E-state index contributed by atoms with van der Waals surface area (Å²) >= 11 is 9.85. The van der Waals surface area contributed by atoms with Crippen molar-refractivity contribution >= 4 is 50.0 Å². The van der Waals surface area contributed by atoms with Gasteiger partial charge in [0.05, 0.1) is 0 Å². The van der Waals surface area contributed by atoms with E-state index >= 15 is 0 Å². The molecule has 1 aromatic heterocycles. The highest BCUT2D eigenvalue weighted by Crippen LogP contribution is 2.35. The Hall–Kier alpha value is 0.01000. The predicted molar refractivity (Wildman–Crippen MR) is 66.2 cm³/mol. The lowest BCUT2D eigenvalue weighted by Crippen LogP contribution is -1.83. The molecule has 68 valence electrons. The third-order valence-electron chi connectivity index (χ3n) is 2.11. The van der Waals surface area contributed by atoms with Crippen LogP contribution in [0.1, 0.15) is 12.5 Å². The zero-order valence-corrected chi connectivity index (χ0v) is 10.5. The third-order valence-corrected chi connectivity index (χ3v) is 4.50. The van der Waals surface area contributed by atoms with Crippen LogP contribution in [0.2, 0.25) is 0 Å². The summed E-state index contributed by atoms with van der Waals surface area (Å²) in [5.41, 5.74) is 1.33. The fourth-order valence-electron chi connectivity index (χ4n) is 1.40. The number of rotatable bonds is 1. The van der Waals surface area contributed by atoms with Crippen LogP contribution in [0.4, 0.5) is 0 Å². The summed E-state index contributed by atoms with van der Waals surface area (Å²) in [6.07, 6.45) is 1.04. The zero-order valence-electron chi connectivity index (χ0n) is 7.17. The largest absolute Gasteiger partial charge is 0.143 e. The van der Waals surface area contributed by atoms with E-state index in [0.29, 0.717) is 0 Å². The normalized spacial score (nSPS) is 11.0. The molecule has 0 spiro atoms. The Labute approximate surface area is 95.5 Å². The van der Waals surface area contributed by atoms with Crippen molar-refractivity contribution in [1.29, 1.82) is 0 Å². The number of aryl methyl sites for hydroxylation is 1. The van der Waals surface area contributed by atoms with Crippen LogP contribution in [0.15, 0.2) is 26.9 Å². The van der Waals surface area contributed by atoms with Crippen LogP contribution in [0.5, 0.6) is 0 Å². The molecule has 2 rings (SSSR count). The van der Waals surface area contributed by atoms with Gasteiger partial charge in [-0.25, -0.2) is 0 Å². The van der Waals surface area contributed by atoms with Crippen molar-refractivity contribution in [2.75, 3.05) is 0 Å². The Morgan fingerprint density at radius 1 is 1.54 bits per heavy atom. The molecule has 0 nitrogen and oxygen atoms in total. The van der Waals surface area contributed by atoms with E-state index in [9.17, 15) is 0 Å². The van der Waals surface area contributed by atoms with E-state index in [2.05, 4.69) is 53.0 Å². The highest BCUT2D eigenvalue weighted by Gasteiger charge is 2.07. The van der Waals surface area contributed by atoms with E-state index in [0.717, 1.165) is 11.3 Å². The summed E-state index contributed by atoms with van der Waals surface area (Å²) in [6, 6.07) is 4.29. The Morgan fingerprint density at radius 2 is 2.31 bits per heavy atom. The van der Waals surface area contributed by atoms with Crippen LogP contribution in [0, 0.1) is 0 Å². The molecule has 0 unspecified atom stereocenters. The highest BCUT2D eigenvalue weighted by molar-refractivity contribution is 9.10. The van der Waals surface area contributed by atoms with Crippen LogP contribution in [-0.2, 0) is 6.42 Å². The molecule has 0 saturated heterocycles. The molecule has 2 aromatic rings. The molecule has 0 amide bonds. The van der Waals surface area contributed by atoms with Crippen molar-refractivity contribution in [1.82, 2.24) is 0 Å². The second-order valence-corrected chi connectivity index (χ2v) is 5.08. The van der Waals surface area contributed by atoms with E-state index in [1.165, 1.54) is 20.1 Å². The van der Waals surface area contributed by atoms with E-state index < -0.39 is 0 Å². The molecule has 0 atom stereocenters. The number of thiol groups is 1. The molecule has 0 saturated carbocycles. The third kappa shape index (κ3) is 1.53. The number of hydrogen-bond donors (Lipinski definition) is 1. The Balaban J connectivity index is 2.85. The van der Waals surface area contributed by atoms with E-state index in [1.807, 2.05) is 0 Å². The van der Waals surface area contributed by atoms with Crippen molar-refractivity contribution in [3.8, 4) is 0 Å². The first-order valence-electron chi connectivity index (χ1n) is 4.11. The molecule has 0 aliphatic carbocycles. The second kappa shape index (κ2) is 3.64. The second-order valence-electron chi connectivity index (χ2n) is 2.89. The summed E-state index contributed by atoms with van der Waals surface area (Å²) in [5.74, 6) is 0. The lowest BCUT2D eigenvalue weighted by Gasteiger charge is -2.04. The van der Waals surface area contributed by atoms with Gasteiger partial charge in [0, 0.05) is 19.5 Å². The van der Waals surface area contributed by atoms with Gasteiger partial charge in [-0.2, -0.15) is 0 Å². The smallest absolute Gasteiger partial charge is 0.0487 e. The summed E-state index contributed by atoms with van der Waals surface area (Å²) in [6.45, 7) is 2.16. The topological polar surface area (TPSA) is 0 Å². The summed E-state index contributed by atoms with van der Waals surface area (Å²) in [4.78, 5) is 1.09. The number of thiophene rings is 1. The number of hydrogen-bond acceptors (Lipinski definition) is 2. The molecule has 0 aliphatic heterocycles. The SMILES string of the molecule is CCc1cc(S)c2sccc2c1Br. The molecule has 0 bridgehead atoms. The number of halogens is 1. The summed E-state index contributed by atoms with van der Waals surface area (Å²) in [7, 11) is 0. The average Bonchev–Trinajstić information content (AvgIpc) is 2.60. The van der Waals surface area contributed by atoms with Crippen molar-refractivity contribution in [2.45, 2.75) is 18.2 Å². The standard InChI is InChI=1S/C10H9BrS2/c1-2-6-5-8(12)10-7(9(6)11)3-4-13-10/h3-5,12H,2H2,1H3. The first-order valence-corrected chi connectivity index (χ1v) is 6.23. The molecule has 0 radical (unpaired) electrons. The van der Waals surface area contributed by atoms with Crippen LogP contribution in [0.3, 0.4) is 0 Å². The predicted octanol–water partition coefficient (Wildman–Crippen LogP) is 4.51. The van der Waals surface area contributed by atoms with Gasteiger partial charge in [-0.05, 0) is 45.4 Å². The van der Waals surface area contributed by atoms with Gasteiger partial charge >= 0.3 is 0 Å². The average molecular weight is 273 g/mol. The first-order chi connectivity index (χ1) is 6.24. The minimum absolute atomic E-state index is 1.04.